The Morgan fingerprint density at radius 2 is 1.94 bits per heavy atom. The van der Waals surface area contributed by atoms with E-state index in [4.69, 9.17) is 0 Å². The minimum atomic E-state index is 0.595. The summed E-state index contributed by atoms with van der Waals surface area (Å²) in [6.45, 7) is 12.1. The van der Waals surface area contributed by atoms with Crippen molar-refractivity contribution >= 4 is 11.3 Å². The lowest BCUT2D eigenvalue weighted by Gasteiger charge is -2.35. The Kier molecular flexibility index (Phi) is 3.62. The summed E-state index contributed by atoms with van der Waals surface area (Å²) in [6, 6.07) is 1.19. The van der Waals surface area contributed by atoms with Gasteiger partial charge in [-0.15, -0.1) is 11.3 Å². The van der Waals surface area contributed by atoms with E-state index in [0.29, 0.717) is 12.1 Å². The SMILES string of the molecule is Cc1nc(C)c(CN2CC(C)NC(C)C2)s1. The lowest BCUT2D eigenvalue weighted by Crippen LogP contribution is -2.53. The van der Waals surface area contributed by atoms with Crippen LogP contribution in [0, 0.1) is 13.8 Å². The van der Waals surface area contributed by atoms with Crippen LogP contribution in [0.3, 0.4) is 0 Å². The molecule has 2 atom stereocenters. The Balaban J connectivity index is 2.01. The lowest BCUT2D eigenvalue weighted by molar-refractivity contribution is 0.167. The number of nitrogens with one attached hydrogen (secondary N) is 1. The third-order valence-corrected chi connectivity index (χ3v) is 4.06. The maximum atomic E-state index is 4.49. The van der Waals surface area contributed by atoms with Crippen LogP contribution < -0.4 is 5.32 Å². The second kappa shape index (κ2) is 4.82. The van der Waals surface area contributed by atoms with Gasteiger partial charge in [0.05, 0.1) is 10.7 Å². The Hall–Kier alpha value is -0.450. The molecule has 90 valence electrons. The maximum absolute atomic E-state index is 4.49. The van der Waals surface area contributed by atoms with Crippen LogP contribution in [-0.2, 0) is 6.54 Å². The van der Waals surface area contributed by atoms with Gasteiger partial charge in [-0.3, -0.25) is 4.90 Å². The molecule has 0 spiro atoms. The topological polar surface area (TPSA) is 28.2 Å². The number of rotatable bonds is 2. The molecule has 1 fully saturated rings. The molecule has 3 nitrogen and oxygen atoms in total. The number of piperazine rings is 1. The number of aryl methyl sites for hydroxylation is 2. The summed E-state index contributed by atoms with van der Waals surface area (Å²) in [7, 11) is 0. The average molecular weight is 239 g/mol. The van der Waals surface area contributed by atoms with Gasteiger partial charge >= 0.3 is 0 Å². The summed E-state index contributed by atoms with van der Waals surface area (Å²) in [5, 5.41) is 4.74. The normalized spacial score (nSPS) is 27.2. The van der Waals surface area contributed by atoms with Gasteiger partial charge in [0, 0.05) is 36.6 Å². The zero-order chi connectivity index (χ0) is 11.7. The van der Waals surface area contributed by atoms with E-state index in [1.54, 1.807) is 0 Å². The molecule has 2 rings (SSSR count). The number of thiazole rings is 1. The van der Waals surface area contributed by atoms with Gasteiger partial charge in [0.25, 0.3) is 0 Å². The molecule has 2 unspecified atom stereocenters. The maximum Gasteiger partial charge on any atom is 0.0900 e. The quantitative estimate of drug-likeness (QED) is 0.855. The number of hydrogen-bond acceptors (Lipinski definition) is 4. The summed E-state index contributed by atoms with van der Waals surface area (Å²) < 4.78 is 0. The van der Waals surface area contributed by atoms with Crippen molar-refractivity contribution in [3.8, 4) is 0 Å². The van der Waals surface area contributed by atoms with Crippen LogP contribution in [0.5, 0.6) is 0 Å². The van der Waals surface area contributed by atoms with Crippen molar-refractivity contribution in [3.63, 3.8) is 0 Å². The zero-order valence-electron chi connectivity index (χ0n) is 10.6. The molecule has 1 aromatic heterocycles. The standard InChI is InChI=1S/C12H21N3S/c1-8-5-15(6-9(2)13-8)7-12-10(3)14-11(4)16-12/h8-9,13H,5-7H2,1-4H3. The zero-order valence-corrected chi connectivity index (χ0v) is 11.4. The van der Waals surface area contributed by atoms with Crippen LogP contribution in [0.4, 0.5) is 0 Å². The smallest absolute Gasteiger partial charge is 0.0900 e. The molecule has 1 aromatic rings. The highest BCUT2D eigenvalue weighted by atomic mass is 32.1. The highest BCUT2D eigenvalue weighted by Gasteiger charge is 2.21. The van der Waals surface area contributed by atoms with E-state index in [1.165, 1.54) is 15.6 Å². The third-order valence-electron chi connectivity index (χ3n) is 3.00. The first kappa shape index (κ1) is 12.0. The molecule has 0 saturated carbocycles. The first-order valence-electron chi connectivity index (χ1n) is 5.96. The van der Waals surface area contributed by atoms with E-state index < -0.39 is 0 Å². The van der Waals surface area contributed by atoms with Crippen molar-refractivity contribution < 1.29 is 0 Å². The van der Waals surface area contributed by atoms with Gasteiger partial charge in [0.15, 0.2) is 0 Å². The van der Waals surface area contributed by atoms with Gasteiger partial charge in [0.1, 0.15) is 0 Å². The van der Waals surface area contributed by atoms with Gasteiger partial charge < -0.3 is 5.32 Å². The summed E-state index contributed by atoms with van der Waals surface area (Å²) >= 11 is 1.84. The van der Waals surface area contributed by atoms with Crippen LogP contribution >= 0.6 is 11.3 Å². The fourth-order valence-electron chi connectivity index (χ4n) is 2.49. The fourth-order valence-corrected chi connectivity index (χ4v) is 3.47. The number of hydrogen-bond donors (Lipinski definition) is 1. The van der Waals surface area contributed by atoms with E-state index >= 15 is 0 Å². The van der Waals surface area contributed by atoms with E-state index in [2.05, 4.69) is 42.9 Å². The molecule has 0 aromatic carbocycles. The third kappa shape index (κ3) is 2.81. The molecule has 0 radical (unpaired) electrons. The highest BCUT2D eigenvalue weighted by Crippen LogP contribution is 2.20. The minimum absolute atomic E-state index is 0.595. The molecule has 16 heavy (non-hydrogen) atoms. The largest absolute Gasteiger partial charge is 0.309 e. The van der Waals surface area contributed by atoms with Crippen LogP contribution in [0.25, 0.3) is 0 Å². The number of aromatic nitrogens is 1. The molecule has 1 aliphatic heterocycles. The van der Waals surface area contributed by atoms with Crippen LogP contribution in [0.2, 0.25) is 0 Å². The molecule has 4 heteroatoms. The Bertz CT molecular complexity index is 351. The molecule has 0 aliphatic carbocycles. The molecule has 0 amide bonds. The summed E-state index contributed by atoms with van der Waals surface area (Å²) in [5.41, 5.74) is 1.21. The lowest BCUT2D eigenvalue weighted by atomic mass is 10.1. The minimum Gasteiger partial charge on any atom is -0.309 e. The van der Waals surface area contributed by atoms with Crippen molar-refractivity contribution in [2.45, 2.75) is 46.3 Å². The Labute approximate surface area is 102 Å². The molecule has 1 aliphatic rings. The van der Waals surface area contributed by atoms with Crippen LogP contribution in [-0.4, -0.2) is 35.1 Å². The van der Waals surface area contributed by atoms with E-state index in [0.717, 1.165) is 19.6 Å². The van der Waals surface area contributed by atoms with Crippen molar-refractivity contribution in [2.24, 2.45) is 0 Å². The predicted octanol–water partition coefficient (Wildman–Crippen LogP) is 1.94. The van der Waals surface area contributed by atoms with E-state index in [9.17, 15) is 0 Å². The van der Waals surface area contributed by atoms with Crippen molar-refractivity contribution in [1.29, 1.82) is 0 Å². The van der Waals surface area contributed by atoms with Crippen LogP contribution in [0.15, 0.2) is 0 Å². The molecule has 0 bridgehead atoms. The van der Waals surface area contributed by atoms with Gasteiger partial charge in [-0.05, 0) is 27.7 Å². The second-order valence-corrected chi connectivity index (χ2v) is 6.19. The van der Waals surface area contributed by atoms with Crippen molar-refractivity contribution in [2.75, 3.05) is 13.1 Å². The average Bonchev–Trinajstić information content (AvgIpc) is 2.43. The highest BCUT2D eigenvalue weighted by molar-refractivity contribution is 7.11. The summed E-state index contributed by atoms with van der Waals surface area (Å²) in [5.74, 6) is 0. The molecular formula is C12H21N3S. The summed E-state index contributed by atoms with van der Waals surface area (Å²) in [6.07, 6.45) is 0. The Morgan fingerprint density at radius 3 is 2.44 bits per heavy atom. The first-order valence-corrected chi connectivity index (χ1v) is 6.77. The molecule has 2 heterocycles. The number of nitrogens with zero attached hydrogens (tertiary/aromatic N) is 2. The van der Waals surface area contributed by atoms with Gasteiger partial charge in [-0.1, -0.05) is 0 Å². The van der Waals surface area contributed by atoms with E-state index in [1.807, 2.05) is 11.3 Å². The molecular weight excluding hydrogens is 218 g/mol. The van der Waals surface area contributed by atoms with Crippen molar-refractivity contribution in [1.82, 2.24) is 15.2 Å². The van der Waals surface area contributed by atoms with Gasteiger partial charge in [-0.25, -0.2) is 4.98 Å². The van der Waals surface area contributed by atoms with Crippen LogP contribution in [0.1, 0.15) is 29.4 Å². The fraction of sp³-hybridized carbons (Fsp3) is 0.750. The van der Waals surface area contributed by atoms with Crippen molar-refractivity contribution in [3.05, 3.63) is 15.6 Å². The van der Waals surface area contributed by atoms with Gasteiger partial charge in [-0.2, -0.15) is 0 Å². The monoisotopic (exact) mass is 239 g/mol. The molecule has 1 saturated heterocycles. The van der Waals surface area contributed by atoms with Gasteiger partial charge in [0.2, 0.25) is 0 Å². The van der Waals surface area contributed by atoms with E-state index in [-0.39, 0.29) is 0 Å². The second-order valence-electron chi connectivity index (χ2n) is 4.90. The predicted molar refractivity (Wildman–Crippen MR) is 68.9 cm³/mol. The first-order chi connectivity index (χ1) is 7.54. The Morgan fingerprint density at radius 1 is 1.31 bits per heavy atom. The molecule has 1 N–H and O–H groups in total. The summed E-state index contributed by atoms with van der Waals surface area (Å²) in [4.78, 5) is 8.45.